The average molecular weight is 473 g/mol. The number of rotatable bonds is 15. The Labute approximate surface area is 189 Å². The molecule has 0 aliphatic heterocycles. The molecule has 33 heavy (non-hydrogen) atoms. The third-order valence-corrected chi connectivity index (χ3v) is 4.16. The van der Waals surface area contributed by atoms with Crippen LogP contribution in [-0.2, 0) is 33.6 Å². The van der Waals surface area contributed by atoms with Crippen LogP contribution in [0.25, 0.3) is 0 Å². The van der Waals surface area contributed by atoms with E-state index in [1.165, 1.54) is 0 Å². The van der Waals surface area contributed by atoms with E-state index in [1.807, 2.05) is 19.2 Å². The van der Waals surface area contributed by atoms with E-state index in [1.54, 1.807) is 0 Å². The third kappa shape index (κ3) is 12.0. The van der Waals surface area contributed by atoms with Crippen LogP contribution in [0.3, 0.4) is 0 Å². The van der Waals surface area contributed by atoms with Crippen molar-refractivity contribution in [3.63, 3.8) is 0 Å². The topological polar surface area (TPSA) is 280 Å². The molecule has 186 valence electrons. The fourth-order valence-electron chi connectivity index (χ4n) is 2.66. The summed E-state index contributed by atoms with van der Waals surface area (Å²) < 4.78 is 0. The van der Waals surface area contributed by atoms with E-state index in [-0.39, 0.29) is 12.3 Å². The number of carbonyl (C=O) groups is 7. The normalized spacial score (nSPS) is 14.3. The molecule has 4 atom stereocenters. The second-order valence-electron chi connectivity index (χ2n) is 7.77. The quantitative estimate of drug-likeness (QED) is 0.114. The van der Waals surface area contributed by atoms with Crippen molar-refractivity contribution in [1.29, 1.82) is 0 Å². The van der Waals surface area contributed by atoms with Gasteiger partial charge in [0, 0.05) is 0 Å². The highest BCUT2D eigenvalue weighted by Crippen LogP contribution is 2.05. The molecular formula is C18H31N7O8. The number of nitrogens with two attached hydrogens (primary N) is 4. The molecule has 15 nitrogen and oxygen atoms in total. The van der Waals surface area contributed by atoms with E-state index in [0.29, 0.717) is 0 Å². The molecule has 0 aromatic heterocycles. The molecule has 6 amide bonds. The van der Waals surface area contributed by atoms with Gasteiger partial charge in [0.2, 0.25) is 35.4 Å². The predicted molar refractivity (Wildman–Crippen MR) is 112 cm³/mol. The molecule has 0 fully saturated rings. The highest BCUT2D eigenvalue weighted by molar-refractivity contribution is 5.98. The van der Waals surface area contributed by atoms with Crippen LogP contribution in [0, 0.1) is 5.92 Å². The van der Waals surface area contributed by atoms with E-state index < -0.39 is 84.8 Å². The van der Waals surface area contributed by atoms with Crippen molar-refractivity contribution in [2.45, 2.75) is 63.7 Å². The van der Waals surface area contributed by atoms with Gasteiger partial charge >= 0.3 is 5.97 Å². The number of amides is 6. The molecule has 0 aliphatic rings. The number of carboxylic acid groups (broad SMARTS) is 1. The minimum absolute atomic E-state index is 0.0559. The summed E-state index contributed by atoms with van der Waals surface area (Å²) in [5, 5.41) is 15.4. The van der Waals surface area contributed by atoms with Gasteiger partial charge in [-0.1, -0.05) is 13.8 Å². The number of carbonyl (C=O) groups excluding carboxylic acids is 6. The van der Waals surface area contributed by atoms with E-state index in [4.69, 9.17) is 28.0 Å². The van der Waals surface area contributed by atoms with Crippen LogP contribution in [-0.4, -0.2) is 70.7 Å². The summed E-state index contributed by atoms with van der Waals surface area (Å²) in [6.45, 7) is 3.63. The molecular weight excluding hydrogens is 442 g/mol. The van der Waals surface area contributed by atoms with Crippen LogP contribution in [0.15, 0.2) is 0 Å². The lowest BCUT2D eigenvalue weighted by atomic mass is 10.0. The van der Waals surface area contributed by atoms with E-state index in [2.05, 4.69) is 10.6 Å². The molecule has 0 heterocycles. The Morgan fingerprint density at radius 3 is 1.33 bits per heavy atom. The molecule has 0 saturated carbocycles. The molecule has 0 saturated heterocycles. The van der Waals surface area contributed by atoms with Gasteiger partial charge in [0.15, 0.2) is 0 Å². The van der Waals surface area contributed by atoms with Crippen molar-refractivity contribution in [3.8, 4) is 0 Å². The standard InChI is InChI=1S/C18H31N7O8/c1-7(2)3-8(19)15(29)23-9(4-12(20)26)16(30)24-10(5-13(21)27)17(31)25-11(18(32)33)6-14(22)28/h7-11H,3-6,19H2,1-2H3,(H2,20,26)(H2,21,27)(H2,22,28)(H,23,29)(H,24,30)(H,25,31)(H,32,33). The van der Waals surface area contributed by atoms with Crippen LogP contribution in [0.4, 0.5) is 0 Å². The Morgan fingerprint density at radius 1 is 0.667 bits per heavy atom. The molecule has 4 unspecified atom stereocenters. The minimum Gasteiger partial charge on any atom is -0.480 e. The molecule has 0 rings (SSSR count). The van der Waals surface area contributed by atoms with Gasteiger partial charge in [-0.2, -0.15) is 0 Å². The Hall–Kier alpha value is -3.75. The third-order valence-electron chi connectivity index (χ3n) is 4.16. The number of hydrogen-bond donors (Lipinski definition) is 8. The summed E-state index contributed by atoms with van der Waals surface area (Å²) in [5.41, 5.74) is 20.9. The maximum absolute atomic E-state index is 12.7. The van der Waals surface area contributed by atoms with Gasteiger partial charge in [0.1, 0.15) is 18.1 Å². The van der Waals surface area contributed by atoms with Crippen LogP contribution in [0.2, 0.25) is 0 Å². The van der Waals surface area contributed by atoms with Crippen LogP contribution < -0.4 is 38.9 Å². The molecule has 0 aromatic rings. The van der Waals surface area contributed by atoms with Crippen molar-refractivity contribution >= 4 is 41.4 Å². The average Bonchev–Trinajstić information content (AvgIpc) is 2.64. The zero-order valence-corrected chi connectivity index (χ0v) is 18.3. The summed E-state index contributed by atoms with van der Waals surface area (Å²) in [5.74, 6) is -7.57. The fraction of sp³-hybridized carbons (Fsp3) is 0.611. The van der Waals surface area contributed by atoms with Crippen molar-refractivity contribution in [3.05, 3.63) is 0 Å². The molecule has 15 heteroatoms. The molecule has 0 aliphatic carbocycles. The van der Waals surface area contributed by atoms with Crippen LogP contribution >= 0.6 is 0 Å². The maximum atomic E-state index is 12.7. The van der Waals surface area contributed by atoms with Crippen LogP contribution in [0.1, 0.15) is 39.5 Å². The van der Waals surface area contributed by atoms with Crippen molar-refractivity contribution in [2.24, 2.45) is 28.9 Å². The predicted octanol–water partition coefficient (Wildman–Crippen LogP) is -4.48. The molecule has 0 spiro atoms. The van der Waals surface area contributed by atoms with Gasteiger partial charge in [-0.15, -0.1) is 0 Å². The van der Waals surface area contributed by atoms with Gasteiger partial charge < -0.3 is 44.0 Å². The first-order valence-electron chi connectivity index (χ1n) is 9.88. The Balaban J connectivity index is 5.56. The number of nitrogens with one attached hydrogen (secondary N) is 3. The molecule has 0 bridgehead atoms. The Bertz CT molecular complexity index is 786. The molecule has 12 N–H and O–H groups in total. The summed E-state index contributed by atoms with van der Waals surface area (Å²) in [6, 6.07) is -5.97. The molecule has 0 aromatic carbocycles. The highest BCUT2D eigenvalue weighted by atomic mass is 16.4. The van der Waals surface area contributed by atoms with E-state index in [9.17, 15) is 33.6 Å². The minimum atomic E-state index is -1.74. The lowest BCUT2D eigenvalue weighted by Gasteiger charge is -2.24. The number of carboxylic acids is 1. The lowest BCUT2D eigenvalue weighted by Crippen LogP contribution is -2.58. The van der Waals surface area contributed by atoms with E-state index >= 15 is 0 Å². The van der Waals surface area contributed by atoms with Gasteiger partial charge in [-0.05, 0) is 12.3 Å². The maximum Gasteiger partial charge on any atom is 0.326 e. The lowest BCUT2D eigenvalue weighted by molar-refractivity contribution is -0.144. The Kier molecular flexibility index (Phi) is 12.1. The zero-order chi connectivity index (χ0) is 25.9. The highest BCUT2D eigenvalue weighted by Gasteiger charge is 2.32. The van der Waals surface area contributed by atoms with Gasteiger partial charge in [-0.3, -0.25) is 28.8 Å². The number of aliphatic carboxylic acids is 1. The zero-order valence-electron chi connectivity index (χ0n) is 18.3. The van der Waals surface area contributed by atoms with Crippen molar-refractivity contribution < 1.29 is 38.7 Å². The summed E-state index contributed by atoms with van der Waals surface area (Å²) >= 11 is 0. The molecule has 0 radical (unpaired) electrons. The first kappa shape index (κ1) is 29.2. The van der Waals surface area contributed by atoms with Crippen LogP contribution in [0.5, 0.6) is 0 Å². The fourth-order valence-corrected chi connectivity index (χ4v) is 2.66. The summed E-state index contributed by atoms with van der Waals surface area (Å²) in [4.78, 5) is 82.3. The monoisotopic (exact) mass is 473 g/mol. The largest absolute Gasteiger partial charge is 0.480 e. The van der Waals surface area contributed by atoms with Gasteiger partial charge in [-0.25, -0.2) is 4.79 Å². The van der Waals surface area contributed by atoms with E-state index in [0.717, 1.165) is 0 Å². The summed E-state index contributed by atoms with van der Waals surface area (Å²) in [7, 11) is 0. The summed E-state index contributed by atoms with van der Waals surface area (Å²) in [6.07, 6.45) is -1.90. The second kappa shape index (κ2) is 13.6. The first-order chi connectivity index (χ1) is 15.1. The smallest absolute Gasteiger partial charge is 0.326 e. The van der Waals surface area contributed by atoms with Crippen molar-refractivity contribution in [1.82, 2.24) is 16.0 Å². The SMILES string of the molecule is CC(C)CC(N)C(=O)NC(CC(N)=O)C(=O)NC(CC(N)=O)C(=O)NC(CC(N)=O)C(=O)O. The second-order valence-corrected chi connectivity index (χ2v) is 7.77. The van der Waals surface area contributed by atoms with Crippen molar-refractivity contribution in [2.75, 3.05) is 0 Å². The number of hydrogen-bond acceptors (Lipinski definition) is 8. The Morgan fingerprint density at radius 2 is 1.00 bits per heavy atom. The van der Waals surface area contributed by atoms with Gasteiger partial charge in [0.25, 0.3) is 0 Å². The first-order valence-corrected chi connectivity index (χ1v) is 9.88. The van der Waals surface area contributed by atoms with Gasteiger partial charge in [0.05, 0.1) is 25.3 Å². The number of primary amides is 3.